The number of thiocarbonyl (C=S) groups is 1. The fourth-order valence-electron chi connectivity index (χ4n) is 1.20. The lowest BCUT2D eigenvalue weighted by Crippen LogP contribution is -2.40. The summed E-state index contributed by atoms with van der Waals surface area (Å²) in [7, 11) is 0. The van der Waals surface area contributed by atoms with E-state index in [1.54, 1.807) is 0 Å². The Morgan fingerprint density at radius 3 is 2.65 bits per heavy atom. The monoisotopic (exact) mass is 276 g/mol. The number of amides is 1. The van der Waals surface area contributed by atoms with Crippen molar-refractivity contribution in [1.82, 2.24) is 10.7 Å². The Bertz CT molecular complexity index is 294. The van der Waals surface area contributed by atoms with Gasteiger partial charge in [0.15, 0.2) is 5.11 Å². The summed E-state index contributed by atoms with van der Waals surface area (Å²) in [5.41, 5.74) is 8.58. The van der Waals surface area contributed by atoms with Crippen LogP contribution in [-0.4, -0.2) is 34.3 Å². The van der Waals surface area contributed by atoms with Gasteiger partial charge in [-0.2, -0.15) is 16.9 Å². The van der Waals surface area contributed by atoms with E-state index in [9.17, 15) is 4.79 Å². The van der Waals surface area contributed by atoms with Gasteiger partial charge in [-0.15, -0.1) is 0 Å². The minimum atomic E-state index is -0.0756. The lowest BCUT2D eigenvalue weighted by atomic mass is 10.1. The molecule has 0 aromatic rings. The fraction of sp³-hybridized carbons (Fsp3) is 0.700. The van der Waals surface area contributed by atoms with E-state index in [1.165, 1.54) is 6.92 Å². The molecule has 0 heterocycles. The first-order chi connectivity index (χ1) is 7.97. The van der Waals surface area contributed by atoms with Gasteiger partial charge in [0.2, 0.25) is 5.91 Å². The van der Waals surface area contributed by atoms with Crippen LogP contribution in [0.5, 0.6) is 0 Å². The van der Waals surface area contributed by atoms with E-state index in [-0.39, 0.29) is 17.1 Å². The molecule has 1 amide bonds. The molecule has 0 unspecified atom stereocenters. The topological polar surface area (TPSA) is 79.5 Å². The number of hydrogen-bond donors (Lipinski definition) is 3. The lowest BCUT2D eigenvalue weighted by molar-refractivity contribution is -0.119. The normalized spacial score (nSPS) is 13.0. The molecule has 17 heavy (non-hydrogen) atoms. The van der Waals surface area contributed by atoms with Crippen molar-refractivity contribution >= 4 is 40.7 Å². The predicted molar refractivity (Wildman–Crippen MR) is 78.3 cm³/mol. The summed E-state index contributed by atoms with van der Waals surface area (Å²) in [4.78, 5) is 11.1. The number of hydrazone groups is 1. The van der Waals surface area contributed by atoms with Gasteiger partial charge in [0.1, 0.15) is 0 Å². The van der Waals surface area contributed by atoms with E-state index < -0.39 is 0 Å². The molecule has 0 aromatic heterocycles. The zero-order chi connectivity index (χ0) is 13.3. The summed E-state index contributed by atoms with van der Waals surface area (Å²) < 4.78 is 0. The van der Waals surface area contributed by atoms with Crippen LogP contribution in [0.2, 0.25) is 0 Å². The smallest absolute Gasteiger partial charge is 0.217 e. The van der Waals surface area contributed by atoms with Crippen molar-refractivity contribution < 1.29 is 4.79 Å². The Labute approximate surface area is 112 Å². The highest BCUT2D eigenvalue weighted by Crippen LogP contribution is 2.05. The van der Waals surface area contributed by atoms with Gasteiger partial charge in [-0.1, -0.05) is 6.92 Å². The molecule has 0 fully saturated rings. The number of hydrogen-bond acceptors (Lipinski definition) is 4. The zero-order valence-electron chi connectivity index (χ0n) is 10.4. The number of nitrogens with one attached hydrogen (secondary N) is 2. The van der Waals surface area contributed by atoms with Gasteiger partial charge >= 0.3 is 0 Å². The fourth-order valence-corrected chi connectivity index (χ4v) is 1.93. The quantitative estimate of drug-likeness (QED) is 0.278. The van der Waals surface area contributed by atoms with Gasteiger partial charge in [-0.05, 0) is 37.1 Å². The molecular weight excluding hydrogens is 256 g/mol. The molecule has 0 saturated carbocycles. The van der Waals surface area contributed by atoms with Crippen LogP contribution in [-0.2, 0) is 4.79 Å². The van der Waals surface area contributed by atoms with Crippen LogP contribution in [0.15, 0.2) is 5.10 Å². The van der Waals surface area contributed by atoms with Gasteiger partial charge in [0, 0.05) is 6.92 Å². The van der Waals surface area contributed by atoms with Crippen LogP contribution in [0.25, 0.3) is 0 Å². The number of carbonyl (C=O) groups is 1. The van der Waals surface area contributed by atoms with Crippen molar-refractivity contribution in [3.63, 3.8) is 0 Å². The van der Waals surface area contributed by atoms with Crippen molar-refractivity contribution in [3.8, 4) is 0 Å². The van der Waals surface area contributed by atoms with Crippen LogP contribution < -0.4 is 16.5 Å². The summed E-state index contributed by atoms with van der Waals surface area (Å²) in [6.45, 7) is 5.43. The molecule has 4 N–H and O–H groups in total. The minimum Gasteiger partial charge on any atom is -0.375 e. The Morgan fingerprint density at radius 2 is 2.18 bits per heavy atom. The number of thioether (sulfide) groups is 1. The number of rotatable bonds is 7. The van der Waals surface area contributed by atoms with Crippen LogP contribution in [0.4, 0.5) is 0 Å². The summed E-state index contributed by atoms with van der Waals surface area (Å²) in [5.74, 6) is 1.97. The van der Waals surface area contributed by atoms with E-state index in [1.807, 2.05) is 18.7 Å². The van der Waals surface area contributed by atoms with E-state index in [0.717, 1.165) is 23.6 Å². The highest BCUT2D eigenvalue weighted by Gasteiger charge is 2.13. The summed E-state index contributed by atoms with van der Waals surface area (Å²) in [6.07, 6.45) is 0.840. The van der Waals surface area contributed by atoms with Gasteiger partial charge in [0.25, 0.3) is 0 Å². The highest BCUT2D eigenvalue weighted by molar-refractivity contribution is 7.99. The molecular formula is C10H20N4OS2. The third-order valence-electron chi connectivity index (χ3n) is 1.98. The van der Waals surface area contributed by atoms with Gasteiger partial charge in [-0.25, -0.2) is 0 Å². The maximum atomic E-state index is 11.1. The summed E-state index contributed by atoms with van der Waals surface area (Å²) in [6, 6.07) is -0.0756. The molecule has 0 aromatic carbocycles. The summed E-state index contributed by atoms with van der Waals surface area (Å²) in [5, 5.41) is 7.01. The average molecular weight is 276 g/mol. The minimum absolute atomic E-state index is 0.0682. The first kappa shape index (κ1) is 16.2. The molecule has 0 radical (unpaired) electrons. The Balaban J connectivity index is 4.37. The van der Waals surface area contributed by atoms with Crippen LogP contribution in [0.1, 0.15) is 27.2 Å². The molecule has 5 nitrogen and oxygen atoms in total. The van der Waals surface area contributed by atoms with E-state index >= 15 is 0 Å². The Morgan fingerprint density at radius 1 is 1.53 bits per heavy atom. The third-order valence-corrected chi connectivity index (χ3v) is 3.00. The van der Waals surface area contributed by atoms with Crippen LogP contribution in [0.3, 0.4) is 0 Å². The van der Waals surface area contributed by atoms with Crippen LogP contribution in [0, 0.1) is 0 Å². The molecule has 0 bridgehead atoms. The Kier molecular flexibility index (Phi) is 8.79. The van der Waals surface area contributed by atoms with E-state index in [0.29, 0.717) is 0 Å². The molecule has 0 aliphatic heterocycles. The molecule has 0 spiro atoms. The van der Waals surface area contributed by atoms with Gasteiger partial charge in [-0.3, -0.25) is 10.2 Å². The third kappa shape index (κ3) is 8.93. The molecule has 0 aliphatic rings. The first-order valence-electron chi connectivity index (χ1n) is 5.41. The second-order valence-corrected chi connectivity index (χ2v) is 5.30. The lowest BCUT2D eigenvalue weighted by Gasteiger charge is -2.17. The molecule has 0 aliphatic carbocycles. The number of nitrogens with zero attached hydrogens (tertiary/aromatic N) is 1. The zero-order valence-corrected chi connectivity index (χ0v) is 12.1. The van der Waals surface area contributed by atoms with Gasteiger partial charge in [0.05, 0.1) is 11.8 Å². The van der Waals surface area contributed by atoms with Crippen molar-refractivity contribution in [3.05, 3.63) is 0 Å². The molecule has 98 valence electrons. The van der Waals surface area contributed by atoms with Crippen molar-refractivity contribution in [2.45, 2.75) is 33.2 Å². The van der Waals surface area contributed by atoms with E-state index in [2.05, 4.69) is 35.0 Å². The highest BCUT2D eigenvalue weighted by atomic mass is 32.2. The van der Waals surface area contributed by atoms with Crippen molar-refractivity contribution in [1.29, 1.82) is 0 Å². The second kappa shape index (κ2) is 9.23. The standard InChI is InChI=1S/C10H20N4OS2/c1-4-17-6-5-9(12-8(3)15)7(2)13-14-10(11)16/h9H,4-6H2,1-3H3,(H,12,15)(H3,11,14,16)/b13-7+/t9-/m1/s1. The van der Waals surface area contributed by atoms with Crippen LogP contribution >= 0.6 is 24.0 Å². The number of nitrogens with two attached hydrogens (primary N) is 1. The molecule has 7 heteroatoms. The average Bonchev–Trinajstić information content (AvgIpc) is 2.24. The Hall–Kier alpha value is -0.820. The SMILES string of the molecule is CCSCC[C@@H](NC(C)=O)/C(C)=N/NC(N)=S. The first-order valence-corrected chi connectivity index (χ1v) is 6.98. The number of carbonyl (C=O) groups excluding carboxylic acids is 1. The van der Waals surface area contributed by atoms with E-state index in [4.69, 9.17) is 5.73 Å². The van der Waals surface area contributed by atoms with Gasteiger partial charge < -0.3 is 11.1 Å². The second-order valence-electron chi connectivity index (χ2n) is 3.47. The summed E-state index contributed by atoms with van der Waals surface area (Å²) >= 11 is 6.49. The molecule has 0 rings (SSSR count). The van der Waals surface area contributed by atoms with Crippen molar-refractivity contribution in [2.24, 2.45) is 10.8 Å². The maximum Gasteiger partial charge on any atom is 0.217 e. The molecule has 0 saturated heterocycles. The molecule has 1 atom stereocenters. The largest absolute Gasteiger partial charge is 0.375 e. The maximum absolute atomic E-state index is 11.1. The predicted octanol–water partition coefficient (Wildman–Crippen LogP) is 0.843. The van der Waals surface area contributed by atoms with Crippen molar-refractivity contribution in [2.75, 3.05) is 11.5 Å².